The van der Waals surface area contributed by atoms with E-state index in [0.717, 1.165) is 12.8 Å². The fourth-order valence-electron chi connectivity index (χ4n) is 0.354. The van der Waals surface area contributed by atoms with Gasteiger partial charge in [0.1, 0.15) is 0 Å². The van der Waals surface area contributed by atoms with Crippen LogP contribution in [-0.2, 0) is 43.4 Å². The van der Waals surface area contributed by atoms with Gasteiger partial charge in [0.25, 0.3) is 0 Å². The second kappa shape index (κ2) is 58.2. The molecule has 8 heteroatoms. The molecule has 0 fully saturated rings. The van der Waals surface area contributed by atoms with Gasteiger partial charge in [0.05, 0.1) is 0 Å². The molecule has 0 aromatic heterocycles. The van der Waals surface area contributed by atoms with Crippen LogP contribution < -0.4 is 0 Å². The summed E-state index contributed by atoms with van der Waals surface area (Å²) < 4.78 is 0. The van der Waals surface area contributed by atoms with Gasteiger partial charge in [0.2, 0.25) is 0 Å². The number of rotatable bonds is 3. The van der Waals surface area contributed by atoms with Crippen molar-refractivity contribution in [1.29, 1.82) is 0 Å². The minimum Gasteiger partial charge on any atom is -0.394 e. The molecule has 202 valence electrons. The molecule has 0 saturated heterocycles. The van der Waals surface area contributed by atoms with Crippen molar-refractivity contribution in [3.8, 4) is 0 Å². The Bertz CT molecular complexity index is 150. The molecule has 0 rings (SSSR count). The summed E-state index contributed by atoms with van der Waals surface area (Å²) in [5, 5.41) is 48.3. The van der Waals surface area contributed by atoms with Crippen molar-refractivity contribution in [2.45, 2.75) is 145 Å². The molecule has 0 aliphatic carbocycles. The third kappa shape index (κ3) is 1620. The van der Waals surface area contributed by atoms with Gasteiger partial charge in [0, 0.05) is 80.1 Å². The van der Waals surface area contributed by atoms with Gasteiger partial charge in [-0.15, -0.1) is 0 Å². The Morgan fingerprint density at radius 3 is 0.469 bits per heavy atom. The monoisotopic (exact) mass is 540 g/mol. The van der Waals surface area contributed by atoms with Gasteiger partial charge in [0.15, 0.2) is 0 Å². The van der Waals surface area contributed by atoms with E-state index >= 15 is 0 Å². The molecule has 0 aliphatic heterocycles. The zero-order valence-electron chi connectivity index (χ0n) is 23.4. The Morgan fingerprint density at radius 1 is 0.375 bits per heavy atom. The van der Waals surface area contributed by atoms with E-state index in [1.165, 1.54) is 12.8 Å². The Morgan fingerprint density at radius 2 is 0.438 bits per heavy atom. The van der Waals surface area contributed by atoms with Crippen LogP contribution in [0.4, 0.5) is 0 Å². The summed E-state index contributed by atoms with van der Waals surface area (Å²) in [4.78, 5) is 0. The summed E-state index contributed by atoms with van der Waals surface area (Å²) in [5.74, 6) is 0. The van der Waals surface area contributed by atoms with Crippen LogP contribution in [0.25, 0.3) is 0 Å². The first-order valence-electron chi connectivity index (χ1n) is 11.0. The van der Waals surface area contributed by atoms with Crippen LogP contribution in [0.3, 0.4) is 0 Å². The van der Waals surface area contributed by atoms with Gasteiger partial charge < -0.3 is 44.5 Å². The first-order valence-corrected chi connectivity index (χ1v) is 11.0. The number of aliphatic hydroxyl groups is 6. The molecule has 6 N–H and O–H groups in total. The predicted octanol–water partition coefficient (Wildman–Crippen LogP) is 4.53. The van der Waals surface area contributed by atoms with Crippen molar-refractivity contribution in [1.82, 2.24) is 0 Å². The van der Waals surface area contributed by atoms with E-state index < -0.39 is 0 Å². The largest absolute Gasteiger partial charge is 0.394 e. The second-order valence-electron chi connectivity index (χ2n) is 7.98. The maximum Gasteiger partial charge on any atom is 0.0483 e. The zero-order chi connectivity index (χ0) is 26.3. The van der Waals surface area contributed by atoms with Crippen molar-refractivity contribution < 1.29 is 74.1 Å². The van der Waals surface area contributed by atoms with Crippen molar-refractivity contribution in [3.63, 3.8) is 0 Å². The van der Waals surface area contributed by atoms with Gasteiger partial charge in [-0.2, -0.15) is 12.8 Å². The third-order valence-electron chi connectivity index (χ3n) is 0.750. The summed E-state index contributed by atoms with van der Waals surface area (Å²) in [6.07, 6.45) is 3.61. The fourth-order valence-corrected chi connectivity index (χ4v) is 0.354. The van der Waals surface area contributed by atoms with Gasteiger partial charge >= 0.3 is 0 Å². The standard InChI is InChI=1S/C6H12.6C3H8O.2Ti/c1-3-5-6-4-2;6*1-3(2)4;;/h1-6H2;6*3-4H,1-2H3;;/q-2;;;;;;;;. The molecule has 0 bridgehead atoms. The van der Waals surface area contributed by atoms with Crippen LogP contribution in [-0.4, -0.2) is 67.3 Å². The molecule has 0 saturated carbocycles. The molecule has 6 nitrogen and oxygen atoms in total. The summed E-state index contributed by atoms with van der Waals surface area (Å²) >= 11 is 0. The first-order chi connectivity index (χ1) is 13.3. The fraction of sp³-hybridized carbons (Fsp3) is 0.917. The summed E-state index contributed by atoms with van der Waals surface area (Å²) in [7, 11) is 0. The Balaban J connectivity index is -0.0000000274. The topological polar surface area (TPSA) is 121 Å². The third-order valence-corrected chi connectivity index (χ3v) is 0.750. The Labute approximate surface area is 232 Å². The molecule has 0 unspecified atom stereocenters. The summed E-state index contributed by atoms with van der Waals surface area (Å²) in [6, 6.07) is 0. The van der Waals surface area contributed by atoms with E-state index in [9.17, 15) is 0 Å². The van der Waals surface area contributed by atoms with Crippen LogP contribution in [0, 0.1) is 13.8 Å². The van der Waals surface area contributed by atoms with E-state index in [0.29, 0.717) is 0 Å². The van der Waals surface area contributed by atoms with Crippen molar-refractivity contribution >= 4 is 0 Å². The van der Waals surface area contributed by atoms with Crippen molar-refractivity contribution in [2.24, 2.45) is 0 Å². The van der Waals surface area contributed by atoms with Crippen molar-refractivity contribution in [2.75, 3.05) is 0 Å². The van der Waals surface area contributed by atoms with Crippen LogP contribution in [0.2, 0.25) is 0 Å². The van der Waals surface area contributed by atoms with Crippen LogP contribution in [0.15, 0.2) is 0 Å². The molecule has 0 aromatic rings. The maximum absolute atomic E-state index is 8.06. The Kier molecular flexibility index (Phi) is 107. The molecule has 0 aromatic carbocycles. The van der Waals surface area contributed by atoms with E-state index in [4.69, 9.17) is 30.6 Å². The first kappa shape index (κ1) is 58.8. The number of hydrogen-bond donors (Lipinski definition) is 6. The maximum atomic E-state index is 8.06. The number of hydrogen-bond acceptors (Lipinski definition) is 6. The molecular weight excluding hydrogens is 480 g/mol. The normalized spacial score (nSPS) is 8.44. The average molecular weight is 540 g/mol. The zero-order valence-corrected chi connectivity index (χ0v) is 26.5. The average Bonchev–Trinajstić information content (AvgIpc) is 2.41. The van der Waals surface area contributed by atoms with Crippen LogP contribution >= 0.6 is 0 Å². The molecule has 0 heterocycles. The molecule has 0 radical (unpaired) electrons. The van der Waals surface area contributed by atoms with Gasteiger partial charge in [-0.05, 0) is 83.1 Å². The molecule has 0 atom stereocenters. The number of unbranched alkanes of at least 4 members (excludes halogenated alkanes) is 3. The predicted molar refractivity (Wildman–Crippen MR) is 133 cm³/mol. The smallest absolute Gasteiger partial charge is 0.0483 e. The van der Waals surface area contributed by atoms with Gasteiger partial charge in [-0.1, -0.05) is 12.8 Å². The van der Waals surface area contributed by atoms with E-state index in [1.54, 1.807) is 83.1 Å². The molecule has 0 amide bonds. The molecular formula is C24H60O6Ti2-2. The van der Waals surface area contributed by atoms with Crippen molar-refractivity contribution in [3.05, 3.63) is 13.8 Å². The van der Waals surface area contributed by atoms with E-state index in [2.05, 4.69) is 13.8 Å². The quantitative estimate of drug-likeness (QED) is 0.178. The molecule has 0 aliphatic rings. The molecule has 32 heavy (non-hydrogen) atoms. The number of aliphatic hydroxyl groups excluding tert-OH is 6. The van der Waals surface area contributed by atoms with Crippen LogP contribution in [0.1, 0.15) is 109 Å². The summed E-state index contributed by atoms with van der Waals surface area (Å²) in [5.41, 5.74) is 0. The van der Waals surface area contributed by atoms with E-state index in [-0.39, 0.29) is 80.1 Å². The van der Waals surface area contributed by atoms with Gasteiger partial charge in [-0.25, -0.2) is 0 Å². The van der Waals surface area contributed by atoms with Crippen LogP contribution in [0.5, 0.6) is 0 Å². The molecule has 0 spiro atoms. The SMILES string of the molecule is CC(C)O.CC(C)O.CC(C)O.CC(C)O.CC(C)O.CC(C)O.[CH2-]CCCC[CH2-].[Ti].[Ti]. The minimum absolute atomic E-state index is 0. The van der Waals surface area contributed by atoms with E-state index in [1.807, 2.05) is 0 Å². The Hall–Kier alpha value is 1.19. The van der Waals surface area contributed by atoms with Gasteiger partial charge in [-0.3, -0.25) is 0 Å². The second-order valence-corrected chi connectivity index (χ2v) is 7.98. The minimum atomic E-state index is -0.167. The summed E-state index contributed by atoms with van der Waals surface area (Å²) in [6.45, 7) is 28.1.